The van der Waals surface area contributed by atoms with E-state index < -0.39 is 15.9 Å². The normalized spacial score (nSPS) is 17.4. The lowest BCUT2D eigenvalue weighted by Crippen LogP contribution is -2.54. The lowest BCUT2D eigenvalue weighted by molar-refractivity contribution is -0.138. The fourth-order valence-electron chi connectivity index (χ4n) is 3.74. The van der Waals surface area contributed by atoms with Crippen molar-refractivity contribution in [3.05, 3.63) is 63.1 Å². The predicted octanol–water partition coefficient (Wildman–Crippen LogP) is 3.64. The first-order valence-electron chi connectivity index (χ1n) is 10.2. The lowest BCUT2D eigenvalue weighted by Gasteiger charge is -2.40. The summed E-state index contributed by atoms with van der Waals surface area (Å²) in [6.07, 6.45) is 0.0849. The van der Waals surface area contributed by atoms with E-state index in [-0.39, 0.29) is 25.0 Å². The van der Waals surface area contributed by atoms with E-state index in [2.05, 4.69) is 20.8 Å². The minimum atomic E-state index is -4.09. The number of aryl methyl sites for hydroxylation is 1. The molecular weight excluding hydrogens is 520 g/mol. The molecule has 2 aromatic rings. The SMILES string of the molecule is CC1CN(Cc2ccc(Cl)cc2)CCN1C(=O)COc1ccc(Br)cc1CCS(=O)(=O)O. The van der Waals surface area contributed by atoms with Crippen LogP contribution in [0.15, 0.2) is 46.9 Å². The van der Waals surface area contributed by atoms with Gasteiger partial charge in [-0.1, -0.05) is 39.7 Å². The van der Waals surface area contributed by atoms with Gasteiger partial charge in [0.15, 0.2) is 6.61 Å². The summed E-state index contributed by atoms with van der Waals surface area (Å²) in [6, 6.07) is 13.0. The van der Waals surface area contributed by atoms with Crippen molar-refractivity contribution in [3.63, 3.8) is 0 Å². The minimum Gasteiger partial charge on any atom is -0.483 e. The summed E-state index contributed by atoms with van der Waals surface area (Å²) in [4.78, 5) is 16.9. The number of amides is 1. The summed E-state index contributed by atoms with van der Waals surface area (Å²) < 4.78 is 37.7. The van der Waals surface area contributed by atoms with Gasteiger partial charge >= 0.3 is 0 Å². The molecule has 0 aliphatic carbocycles. The van der Waals surface area contributed by atoms with E-state index in [0.717, 1.165) is 24.1 Å². The number of halogens is 2. The largest absolute Gasteiger partial charge is 0.483 e. The monoisotopic (exact) mass is 544 g/mol. The van der Waals surface area contributed by atoms with E-state index in [4.69, 9.17) is 20.9 Å². The first kappa shape index (κ1) is 25.0. The number of nitrogens with zero attached hydrogens (tertiary/aromatic N) is 2. The fraction of sp³-hybridized carbons (Fsp3) is 0.409. The van der Waals surface area contributed by atoms with Crippen molar-refractivity contribution in [2.75, 3.05) is 32.0 Å². The highest BCUT2D eigenvalue weighted by Gasteiger charge is 2.27. The predicted molar refractivity (Wildman–Crippen MR) is 128 cm³/mol. The van der Waals surface area contributed by atoms with E-state index in [1.165, 1.54) is 5.56 Å². The molecule has 1 amide bonds. The van der Waals surface area contributed by atoms with Crippen molar-refractivity contribution < 1.29 is 22.5 Å². The Balaban J connectivity index is 1.55. The average molecular weight is 546 g/mol. The zero-order valence-corrected chi connectivity index (χ0v) is 20.9. The second kappa shape index (κ2) is 11.0. The number of hydrogen-bond donors (Lipinski definition) is 1. The molecule has 1 unspecified atom stereocenters. The minimum absolute atomic E-state index is 0.0380. The molecule has 1 fully saturated rings. The van der Waals surface area contributed by atoms with E-state index in [1.54, 1.807) is 18.2 Å². The molecule has 1 saturated heterocycles. The fourth-order valence-corrected chi connectivity index (χ4v) is 4.75. The second-order valence-electron chi connectivity index (χ2n) is 7.87. The Morgan fingerprint density at radius 2 is 1.94 bits per heavy atom. The summed E-state index contributed by atoms with van der Waals surface area (Å²) in [7, 11) is -4.09. The van der Waals surface area contributed by atoms with Gasteiger partial charge in [0.1, 0.15) is 5.75 Å². The van der Waals surface area contributed by atoms with Gasteiger partial charge in [0.2, 0.25) is 0 Å². The van der Waals surface area contributed by atoms with Gasteiger partial charge < -0.3 is 9.64 Å². The van der Waals surface area contributed by atoms with Crippen LogP contribution in [0.2, 0.25) is 5.02 Å². The van der Waals surface area contributed by atoms with E-state index in [0.29, 0.717) is 22.9 Å². The summed E-state index contributed by atoms with van der Waals surface area (Å²) in [5.41, 5.74) is 1.78. The summed E-state index contributed by atoms with van der Waals surface area (Å²) >= 11 is 9.30. The Kier molecular flexibility index (Phi) is 8.57. The second-order valence-corrected chi connectivity index (χ2v) is 10.8. The highest BCUT2D eigenvalue weighted by molar-refractivity contribution is 9.10. The maximum absolute atomic E-state index is 12.8. The van der Waals surface area contributed by atoms with Crippen LogP contribution in [0.25, 0.3) is 0 Å². The molecule has 0 radical (unpaired) electrons. The van der Waals surface area contributed by atoms with Crippen LogP contribution < -0.4 is 4.74 Å². The van der Waals surface area contributed by atoms with Gasteiger partial charge in [0.05, 0.1) is 5.75 Å². The molecule has 0 bridgehead atoms. The Bertz CT molecular complexity index is 1050. The first-order valence-corrected chi connectivity index (χ1v) is 13.0. The van der Waals surface area contributed by atoms with Crippen molar-refractivity contribution >= 4 is 43.6 Å². The highest BCUT2D eigenvalue weighted by Crippen LogP contribution is 2.24. The molecule has 1 heterocycles. The molecule has 1 aliphatic rings. The van der Waals surface area contributed by atoms with Gasteiger partial charge in [-0.15, -0.1) is 0 Å². The van der Waals surface area contributed by atoms with Crippen LogP contribution in [0.5, 0.6) is 5.75 Å². The number of benzene rings is 2. The van der Waals surface area contributed by atoms with E-state index >= 15 is 0 Å². The highest BCUT2D eigenvalue weighted by atomic mass is 79.9. The molecule has 3 rings (SSSR count). The zero-order valence-electron chi connectivity index (χ0n) is 17.7. The molecule has 7 nitrogen and oxygen atoms in total. The lowest BCUT2D eigenvalue weighted by atomic mass is 10.1. The van der Waals surface area contributed by atoms with Crippen LogP contribution in [0.1, 0.15) is 18.1 Å². The van der Waals surface area contributed by atoms with Crippen molar-refractivity contribution in [2.45, 2.75) is 25.9 Å². The van der Waals surface area contributed by atoms with E-state index in [1.807, 2.05) is 36.1 Å². The third-order valence-corrected chi connectivity index (χ3v) is 6.82. The smallest absolute Gasteiger partial charge is 0.265 e. The summed E-state index contributed by atoms with van der Waals surface area (Å²) in [5, 5.41) is 0.712. The first-order chi connectivity index (χ1) is 15.1. The van der Waals surface area contributed by atoms with Crippen molar-refractivity contribution in [2.24, 2.45) is 0 Å². The Labute approximate surface area is 202 Å². The molecule has 0 aromatic heterocycles. The zero-order chi connectivity index (χ0) is 23.3. The van der Waals surface area contributed by atoms with Gasteiger partial charge in [-0.05, 0) is 54.8 Å². The van der Waals surface area contributed by atoms with Gasteiger partial charge in [-0.3, -0.25) is 14.2 Å². The molecule has 0 saturated carbocycles. The Morgan fingerprint density at radius 1 is 1.22 bits per heavy atom. The number of carbonyl (C=O) groups excluding carboxylic acids is 1. The standard InChI is InChI=1S/C22H26BrClN2O5S/c1-16-13-25(14-17-2-5-20(24)6-3-17)9-10-26(16)22(27)15-31-21-7-4-19(23)12-18(21)8-11-32(28,29)30/h2-7,12,16H,8-11,13-15H2,1H3,(H,28,29,30). The molecule has 2 aromatic carbocycles. The molecule has 0 spiro atoms. The molecule has 10 heteroatoms. The Morgan fingerprint density at radius 3 is 2.59 bits per heavy atom. The number of hydrogen-bond acceptors (Lipinski definition) is 5. The number of piperazine rings is 1. The van der Waals surface area contributed by atoms with Crippen LogP contribution in [0.3, 0.4) is 0 Å². The topological polar surface area (TPSA) is 87.2 Å². The summed E-state index contributed by atoms with van der Waals surface area (Å²) in [5.74, 6) is -0.105. The molecule has 32 heavy (non-hydrogen) atoms. The van der Waals surface area contributed by atoms with Crippen LogP contribution >= 0.6 is 27.5 Å². The molecule has 1 aliphatic heterocycles. The van der Waals surface area contributed by atoms with Gasteiger partial charge in [0, 0.05) is 41.7 Å². The van der Waals surface area contributed by atoms with Crippen LogP contribution in [-0.2, 0) is 27.9 Å². The van der Waals surface area contributed by atoms with Crippen molar-refractivity contribution in [1.29, 1.82) is 0 Å². The van der Waals surface area contributed by atoms with Gasteiger partial charge in [-0.25, -0.2) is 0 Å². The molecule has 174 valence electrons. The number of carbonyl (C=O) groups is 1. The third kappa shape index (κ3) is 7.45. The van der Waals surface area contributed by atoms with Crippen LogP contribution in [-0.4, -0.2) is 66.7 Å². The number of rotatable bonds is 8. The molecular formula is C22H26BrClN2O5S. The molecule has 1 N–H and O–H groups in total. The maximum Gasteiger partial charge on any atom is 0.265 e. The summed E-state index contributed by atoms with van der Waals surface area (Å²) in [6.45, 7) is 4.80. The van der Waals surface area contributed by atoms with E-state index in [9.17, 15) is 13.2 Å². The van der Waals surface area contributed by atoms with Gasteiger partial charge in [-0.2, -0.15) is 8.42 Å². The van der Waals surface area contributed by atoms with Gasteiger partial charge in [0.25, 0.3) is 16.0 Å². The maximum atomic E-state index is 12.8. The third-order valence-electron chi connectivity index (χ3n) is 5.35. The number of ether oxygens (including phenoxy) is 1. The van der Waals surface area contributed by atoms with Crippen LogP contribution in [0.4, 0.5) is 0 Å². The quantitative estimate of drug-likeness (QED) is 0.510. The Hall–Kier alpha value is -1.65. The van der Waals surface area contributed by atoms with Crippen molar-refractivity contribution in [3.8, 4) is 5.75 Å². The van der Waals surface area contributed by atoms with Crippen molar-refractivity contribution in [1.82, 2.24) is 9.80 Å². The average Bonchev–Trinajstić information content (AvgIpc) is 2.72. The van der Waals surface area contributed by atoms with Crippen LogP contribution in [0, 0.1) is 0 Å². The molecule has 1 atom stereocenters.